The number of ether oxygens (including phenoxy) is 3. The molecule has 190 valence electrons. The van der Waals surface area contributed by atoms with Crippen molar-refractivity contribution in [3.63, 3.8) is 0 Å². The summed E-state index contributed by atoms with van der Waals surface area (Å²) in [7, 11) is 5.44. The van der Waals surface area contributed by atoms with E-state index in [1.54, 1.807) is 30.9 Å². The molecular formula is C27H36FN3O4. The van der Waals surface area contributed by atoms with Gasteiger partial charge in [-0.2, -0.15) is 0 Å². The molecule has 0 fully saturated rings. The Kier molecular flexibility index (Phi) is 7.53. The molecule has 0 spiro atoms. The molecule has 1 aromatic heterocycles. The number of fused-ring (bicyclic) bond motifs is 1. The molecule has 3 aromatic rings. The zero-order valence-corrected chi connectivity index (χ0v) is 21.9. The van der Waals surface area contributed by atoms with Crippen molar-refractivity contribution in [2.45, 2.75) is 46.6 Å². The molecule has 2 N–H and O–H groups in total. The Morgan fingerprint density at radius 3 is 2.29 bits per heavy atom. The second kappa shape index (κ2) is 10.1. The van der Waals surface area contributed by atoms with E-state index in [2.05, 4.69) is 20.8 Å². The maximum Gasteiger partial charge on any atom is 0.197 e. The van der Waals surface area contributed by atoms with Crippen LogP contribution >= 0.6 is 0 Å². The Hall–Kier alpha value is -3.42. The van der Waals surface area contributed by atoms with Gasteiger partial charge in [0.1, 0.15) is 11.6 Å². The fourth-order valence-electron chi connectivity index (χ4n) is 4.17. The molecule has 8 heteroatoms. The van der Waals surface area contributed by atoms with Gasteiger partial charge in [0, 0.05) is 36.8 Å². The first-order chi connectivity index (χ1) is 16.4. The number of hydrogen-bond donors (Lipinski definition) is 1. The maximum absolute atomic E-state index is 15.4. The lowest BCUT2D eigenvalue weighted by Gasteiger charge is -2.27. The maximum atomic E-state index is 15.4. The predicted octanol–water partition coefficient (Wildman–Crippen LogP) is 5.42. The Morgan fingerprint density at radius 1 is 1.09 bits per heavy atom. The first-order valence-electron chi connectivity index (χ1n) is 11.7. The monoisotopic (exact) mass is 485 g/mol. The number of ketones is 1. The molecule has 0 unspecified atom stereocenters. The third kappa shape index (κ3) is 5.01. The molecule has 35 heavy (non-hydrogen) atoms. The molecule has 2 aromatic carbocycles. The summed E-state index contributed by atoms with van der Waals surface area (Å²) in [5, 5.41) is 0.752. The van der Waals surface area contributed by atoms with Gasteiger partial charge in [0.05, 0.1) is 37.9 Å². The number of carbonyl (C=O) groups excluding carboxylic acids is 1. The van der Waals surface area contributed by atoms with Crippen LogP contribution in [-0.4, -0.2) is 44.8 Å². The highest BCUT2D eigenvalue weighted by Crippen LogP contribution is 2.41. The molecule has 0 saturated heterocycles. The third-order valence-electron chi connectivity index (χ3n) is 5.87. The first-order valence-corrected chi connectivity index (χ1v) is 11.7. The summed E-state index contributed by atoms with van der Waals surface area (Å²) >= 11 is 0. The average molecular weight is 486 g/mol. The first kappa shape index (κ1) is 26.2. The fourth-order valence-corrected chi connectivity index (χ4v) is 4.17. The van der Waals surface area contributed by atoms with Gasteiger partial charge in [-0.05, 0) is 37.5 Å². The van der Waals surface area contributed by atoms with Crippen molar-refractivity contribution >= 4 is 28.1 Å². The van der Waals surface area contributed by atoms with Crippen LogP contribution in [0.4, 0.5) is 15.9 Å². The Labute approximate surface area is 206 Å². The van der Waals surface area contributed by atoms with E-state index in [-0.39, 0.29) is 41.3 Å². The fraction of sp³-hybridized carbons (Fsp3) is 0.444. The van der Waals surface area contributed by atoms with Gasteiger partial charge in [0.25, 0.3) is 0 Å². The SMILES string of the molecule is CCOc1cc2cn(CC(=O)c3cc(N(C)C)c(OC)c(C(C)(C)C)c3)c(N)c2c(F)c1OCC. The molecular weight excluding hydrogens is 449 g/mol. The molecule has 3 rings (SSSR count). The van der Waals surface area contributed by atoms with Crippen molar-refractivity contribution in [3.05, 3.63) is 41.3 Å². The number of anilines is 2. The van der Waals surface area contributed by atoms with E-state index in [1.807, 2.05) is 38.1 Å². The topological polar surface area (TPSA) is 79.0 Å². The van der Waals surface area contributed by atoms with Crippen molar-refractivity contribution in [1.82, 2.24) is 4.57 Å². The third-order valence-corrected chi connectivity index (χ3v) is 5.87. The largest absolute Gasteiger partial charge is 0.494 e. The second-order valence-electron chi connectivity index (χ2n) is 9.63. The molecule has 0 aliphatic carbocycles. The van der Waals surface area contributed by atoms with E-state index in [1.165, 1.54) is 0 Å². The molecule has 0 bridgehead atoms. The van der Waals surface area contributed by atoms with Crippen molar-refractivity contribution in [1.29, 1.82) is 0 Å². The average Bonchev–Trinajstić information content (AvgIpc) is 3.09. The van der Waals surface area contributed by atoms with E-state index < -0.39 is 5.82 Å². The zero-order valence-electron chi connectivity index (χ0n) is 21.9. The second-order valence-corrected chi connectivity index (χ2v) is 9.63. The number of nitrogen functional groups attached to an aromatic ring is 1. The standard InChI is InChI=1S/C27H36FN3O4/c1-9-34-21-13-17-14-31(26(29)22(17)23(28)25(21)35-10-2)15-20(32)16-11-18(27(3,4)5)24(33-8)19(12-16)30(6)7/h11-14H,9-10,15,29H2,1-8H3. The Bertz CT molecular complexity index is 1240. The van der Waals surface area contributed by atoms with Gasteiger partial charge >= 0.3 is 0 Å². The van der Waals surface area contributed by atoms with Crippen LogP contribution in [0.3, 0.4) is 0 Å². The summed E-state index contributed by atoms with van der Waals surface area (Å²) < 4.78 is 33.7. The van der Waals surface area contributed by atoms with Gasteiger partial charge in [0.2, 0.25) is 0 Å². The minimum Gasteiger partial charge on any atom is -0.494 e. The molecule has 7 nitrogen and oxygen atoms in total. The molecule has 0 saturated carbocycles. The van der Waals surface area contributed by atoms with Gasteiger partial charge < -0.3 is 29.4 Å². The molecule has 0 amide bonds. The Morgan fingerprint density at radius 2 is 1.74 bits per heavy atom. The predicted molar refractivity (Wildman–Crippen MR) is 139 cm³/mol. The van der Waals surface area contributed by atoms with E-state index >= 15 is 4.39 Å². The summed E-state index contributed by atoms with van der Waals surface area (Å²) in [5.74, 6) is 0.489. The number of hydrogen-bond acceptors (Lipinski definition) is 6. The van der Waals surface area contributed by atoms with Crippen LogP contribution in [0.15, 0.2) is 24.4 Å². The number of halogens is 1. The quantitative estimate of drug-likeness (QED) is 0.408. The van der Waals surface area contributed by atoms with Gasteiger partial charge in [-0.15, -0.1) is 0 Å². The number of Topliss-reactive ketones (excluding diaryl/α,β-unsaturated/α-hetero) is 1. The lowest BCUT2D eigenvalue weighted by atomic mass is 9.84. The van der Waals surface area contributed by atoms with E-state index in [0.717, 1.165) is 17.0 Å². The lowest BCUT2D eigenvalue weighted by Crippen LogP contribution is -2.20. The molecule has 0 radical (unpaired) electrons. The lowest BCUT2D eigenvalue weighted by molar-refractivity contribution is 0.0973. The highest BCUT2D eigenvalue weighted by Gasteiger charge is 2.26. The van der Waals surface area contributed by atoms with Crippen molar-refractivity contribution in [2.75, 3.05) is 45.1 Å². The normalized spacial score (nSPS) is 11.6. The van der Waals surface area contributed by atoms with Gasteiger partial charge in [-0.3, -0.25) is 4.79 Å². The number of aromatic nitrogens is 1. The van der Waals surface area contributed by atoms with Crippen LogP contribution in [0.1, 0.15) is 50.5 Å². The number of benzene rings is 2. The minimum absolute atomic E-state index is 0.0261. The van der Waals surface area contributed by atoms with Gasteiger partial charge in [-0.25, -0.2) is 4.39 Å². The zero-order chi connectivity index (χ0) is 26.1. The summed E-state index contributed by atoms with van der Waals surface area (Å²) in [6.45, 7) is 10.4. The number of rotatable bonds is 9. The van der Waals surface area contributed by atoms with Crippen LogP contribution in [0.25, 0.3) is 10.8 Å². The van der Waals surface area contributed by atoms with Crippen LogP contribution in [0.2, 0.25) is 0 Å². The molecule has 1 heterocycles. The minimum atomic E-state index is -0.592. The summed E-state index contributed by atoms with van der Waals surface area (Å²) in [6, 6.07) is 5.38. The van der Waals surface area contributed by atoms with E-state index in [9.17, 15) is 4.79 Å². The van der Waals surface area contributed by atoms with E-state index in [4.69, 9.17) is 19.9 Å². The smallest absolute Gasteiger partial charge is 0.197 e. The van der Waals surface area contributed by atoms with Crippen LogP contribution in [0, 0.1) is 5.82 Å². The van der Waals surface area contributed by atoms with Crippen LogP contribution in [-0.2, 0) is 12.0 Å². The van der Waals surface area contributed by atoms with Crippen molar-refractivity contribution in [3.8, 4) is 17.2 Å². The van der Waals surface area contributed by atoms with E-state index in [0.29, 0.717) is 23.3 Å². The van der Waals surface area contributed by atoms with Gasteiger partial charge in [0.15, 0.2) is 23.1 Å². The van der Waals surface area contributed by atoms with Crippen molar-refractivity contribution < 1.29 is 23.4 Å². The number of carbonyl (C=O) groups is 1. The summed E-state index contributed by atoms with van der Waals surface area (Å²) in [4.78, 5) is 15.4. The van der Waals surface area contributed by atoms with Crippen LogP contribution < -0.4 is 24.8 Å². The molecule has 0 atom stereocenters. The van der Waals surface area contributed by atoms with Gasteiger partial charge in [-0.1, -0.05) is 20.8 Å². The highest BCUT2D eigenvalue weighted by molar-refractivity contribution is 6.00. The number of nitrogens with zero attached hydrogens (tertiary/aromatic N) is 2. The number of nitrogens with two attached hydrogens (primary N) is 1. The summed E-state index contributed by atoms with van der Waals surface area (Å²) in [5.41, 5.74) is 8.34. The Balaban J connectivity index is 2.09. The van der Waals surface area contributed by atoms with Crippen LogP contribution in [0.5, 0.6) is 17.2 Å². The summed E-state index contributed by atoms with van der Waals surface area (Å²) in [6.07, 6.45) is 1.67. The molecule has 0 aliphatic rings. The van der Waals surface area contributed by atoms with Crippen molar-refractivity contribution in [2.24, 2.45) is 0 Å². The highest BCUT2D eigenvalue weighted by atomic mass is 19.1. The number of methoxy groups -OCH3 is 1. The molecule has 0 aliphatic heterocycles.